The second kappa shape index (κ2) is 6.87. The molecule has 2 N–H and O–H groups in total. The molecule has 1 aromatic rings. The van der Waals surface area contributed by atoms with Crippen molar-refractivity contribution < 1.29 is 18.8 Å². The Balaban J connectivity index is 1.57. The molecule has 0 saturated carbocycles. The van der Waals surface area contributed by atoms with Crippen molar-refractivity contribution in [3.63, 3.8) is 0 Å². The quantitative estimate of drug-likeness (QED) is 0.758. The summed E-state index contributed by atoms with van der Waals surface area (Å²) in [5, 5.41) is 5.05. The van der Waals surface area contributed by atoms with E-state index >= 15 is 0 Å². The molecule has 8 nitrogen and oxygen atoms in total. The van der Waals surface area contributed by atoms with Crippen molar-refractivity contribution in [1.82, 2.24) is 20.4 Å². The maximum absolute atomic E-state index is 12.5. The standard InChI is InChI=1S/C17H24N4O4/c1-17(15(23)18-16(24)19-17)12-5-3-7-21(9-12)11-14(22)20(2)10-13-6-4-8-25-13/h4,6,8,12H,3,5,7,9-11H2,1-2H3,(H2,18,19,23,24)/t12-,17+/m1/s1. The Hall–Kier alpha value is -2.35. The van der Waals surface area contributed by atoms with Crippen LogP contribution in [-0.4, -0.2) is 59.9 Å². The fourth-order valence-electron chi connectivity index (χ4n) is 3.55. The Morgan fingerprint density at radius 2 is 2.28 bits per heavy atom. The average Bonchev–Trinajstić information content (AvgIpc) is 3.16. The molecule has 0 aliphatic carbocycles. The summed E-state index contributed by atoms with van der Waals surface area (Å²) in [6.45, 7) is 3.89. The third kappa shape index (κ3) is 3.68. The van der Waals surface area contributed by atoms with Crippen LogP contribution in [0.25, 0.3) is 0 Å². The number of piperidine rings is 1. The molecule has 0 spiro atoms. The smallest absolute Gasteiger partial charge is 0.322 e. The zero-order valence-electron chi connectivity index (χ0n) is 14.6. The fraction of sp³-hybridized carbons (Fsp3) is 0.588. The summed E-state index contributed by atoms with van der Waals surface area (Å²) >= 11 is 0. The molecule has 4 amide bonds. The van der Waals surface area contributed by atoms with Crippen molar-refractivity contribution in [3.8, 4) is 0 Å². The minimum absolute atomic E-state index is 0.00196. The van der Waals surface area contributed by atoms with Crippen molar-refractivity contribution in [2.45, 2.75) is 31.8 Å². The van der Waals surface area contributed by atoms with Crippen molar-refractivity contribution >= 4 is 17.8 Å². The Morgan fingerprint density at radius 3 is 2.92 bits per heavy atom. The molecule has 2 saturated heterocycles. The number of nitrogens with one attached hydrogen (secondary N) is 2. The Kier molecular flexibility index (Phi) is 4.80. The van der Waals surface area contributed by atoms with Crippen LogP contribution >= 0.6 is 0 Å². The summed E-state index contributed by atoms with van der Waals surface area (Å²) < 4.78 is 5.27. The molecule has 1 aromatic heterocycles. The lowest BCUT2D eigenvalue weighted by Crippen LogP contribution is -2.56. The van der Waals surface area contributed by atoms with Gasteiger partial charge in [-0.1, -0.05) is 0 Å². The van der Waals surface area contributed by atoms with Gasteiger partial charge in [0.15, 0.2) is 0 Å². The molecule has 0 unspecified atom stereocenters. The number of nitrogens with zero attached hydrogens (tertiary/aromatic N) is 2. The van der Waals surface area contributed by atoms with Gasteiger partial charge < -0.3 is 14.6 Å². The summed E-state index contributed by atoms with van der Waals surface area (Å²) in [4.78, 5) is 39.7. The maximum atomic E-state index is 12.5. The number of hydrogen-bond donors (Lipinski definition) is 2. The van der Waals surface area contributed by atoms with E-state index in [1.807, 2.05) is 6.07 Å². The first-order valence-corrected chi connectivity index (χ1v) is 8.51. The molecule has 0 bridgehead atoms. The third-order valence-corrected chi connectivity index (χ3v) is 5.15. The summed E-state index contributed by atoms with van der Waals surface area (Å²) in [6.07, 6.45) is 3.32. The van der Waals surface area contributed by atoms with E-state index in [1.165, 1.54) is 0 Å². The molecule has 0 aromatic carbocycles. The van der Waals surface area contributed by atoms with Crippen LogP contribution in [-0.2, 0) is 16.1 Å². The largest absolute Gasteiger partial charge is 0.467 e. The van der Waals surface area contributed by atoms with Crippen LogP contribution in [0.2, 0.25) is 0 Å². The predicted molar refractivity (Wildman–Crippen MR) is 89.4 cm³/mol. The van der Waals surface area contributed by atoms with Crippen LogP contribution in [0.1, 0.15) is 25.5 Å². The van der Waals surface area contributed by atoms with Gasteiger partial charge in [0.2, 0.25) is 5.91 Å². The zero-order chi connectivity index (χ0) is 18.0. The van der Waals surface area contributed by atoms with E-state index in [4.69, 9.17) is 4.42 Å². The summed E-state index contributed by atoms with van der Waals surface area (Å²) in [7, 11) is 1.75. The number of likely N-dealkylation sites (tertiary alicyclic amines) is 1. The summed E-state index contributed by atoms with van der Waals surface area (Å²) in [5.41, 5.74) is -0.904. The molecule has 0 radical (unpaired) electrons. The molecule has 2 aliphatic heterocycles. The molecule has 2 aliphatic rings. The van der Waals surface area contributed by atoms with Gasteiger partial charge in [0.25, 0.3) is 5.91 Å². The number of carbonyl (C=O) groups is 3. The second-order valence-electron chi connectivity index (χ2n) is 7.01. The van der Waals surface area contributed by atoms with Gasteiger partial charge in [0.05, 0.1) is 19.4 Å². The van der Waals surface area contributed by atoms with E-state index in [0.717, 1.165) is 25.1 Å². The van der Waals surface area contributed by atoms with E-state index in [9.17, 15) is 14.4 Å². The number of imide groups is 1. The highest BCUT2D eigenvalue weighted by molar-refractivity contribution is 6.07. The number of urea groups is 1. The molecule has 2 atom stereocenters. The van der Waals surface area contributed by atoms with Crippen LogP contribution in [0.5, 0.6) is 0 Å². The molecule has 136 valence electrons. The van der Waals surface area contributed by atoms with Crippen molar-refractivity contribution in [1.29, 1.82) is 0 Å². The average molecular weight is 348 g/mol. The number of carbonyl (C=O) groups excluding carboxylic acids is 3. The normalized spacial score (nSPS) is 27.0. The monoisotopic (exact) mass is 348 g/mol. The Morgan fingerprint density at radius 1 is 1.48 bits per heavy atom. The highest BCUT2D eigenvalue weighted by Gasteiger charge is 2.49. The zero-order valence-corrected chi connectivity index (χ0v) is 14.6. The molecular formula is C17H24N4O4. The molecule has 2 fully saturated rings. The first kappa shape index (κ1) is 17.5. The van der Waals surface area contributed by atoms with Gasteiger partial charge >= 0.3 is 6.03 Å². The van der Waals surface area contributed by atoms with Crippen LogP contribution < -0.4 is 10.6 Å². The maximum Gasteiger partial charge on any atom is 0.322 e. The van der Waals surface area contributed by atoms with Gasteiger partial charge in [-0.05, 0) is 38.4 Å². The van der Waals surface area contributed by atoms with Gasteiger partial charge in [-0.15, -0.1) is 0 Å². The molecule has 3 rings (SSSR count). The van der Waals surface area contributed by atoms with E-state index < -0.39 is 11.6 Å². The van der Waals surface area contributed by atoms with Crippen LogP contribution in [0.15, 0.2) is 22.8 Å². The number of rotatable bonds is 5. The molecule has 3 heterocycles. The van der Waals surface area contributed by atoms with Gasteiger partial charge in [-0.3, -0.25) is 19.8 Å². The van der Waals surface area contributed by atoms with E-state index in [2.05, 4.69) is 15.5 Å². The van der Waals surface area contributed by atoms with Crippen LogP contribution in [0.4, 0.5) is 4.79 Å². The number of amides is 4. The van der Waals surface area contributed by atoms with Gasteiger partial charge in [0.1, 0.15) is 11.3 Å². The SMILES string of the molecule is CN(Cc1ccco1)C(=O)CN1CCC[C@@H]([C@]2(C)NC(=O)NC2=O)C1. The highest BCUT2D eigenvalue weighted by Crippen LogP contribution is 2.29. The minimum Gasteiger partial charge on any atom is -0.467 e. The first-order valence-electron chi connectivity index (χ1n) is 8.51. The van der Waals surface area contributed by atoms with Crippen molar-refractivity contribution in [2.75, 3.05) is 26.7 Å². The second-order valence-corrected chi connectivity index (χ2v) is 7.01. The van der Waals surface area contributed by atoms with Crippen LogP contribution in [0.3, 0.4) is 0 Å². The lowest BCUT2D eigenvalue weighted by atomic mass is 9.80. The third-order valence-electron chi connectivity index (χ3n) is 5.15. The lowest BCUT2D eigenvalue weighted by molar-refractivity contribution is -0.132. The molecule has 8 heteroatoms. The van der Waals surface area contributed by atoms with Gasteiger partial charge in [-0.25, -0.2) is 4.79 Å². The van der Waals surface area contributed by atoms with Crippen molar-refractivity contribution in [3.05, 3.63) is 24.2 Å². The summed E-state index contributed by atoms with van der Waals surface area (Å²) in [6, 6.07) is 3.19. The van der Waals surface area contributed by atoms with E-state index in [1.54, 1.807) is 31.2 Å². The predicted octanol–water partition coefficient (Wildman–Crippen LogP) is 0.548. The van der Waals surface area contributed by atoms with Crippen LogP contribution in [0, 0.1) is 5.92 Å². The van der Waals surface area contributed by atoms with Crippen molar-refractivity contribution in [2.24, 2.45) is 5.92 Å². The topological polar surface area (TPSA) is 94.9 Å². The van der Waals surface area contributed by atoms with Gasteiger partial charge in [-0.2, -0.15) is 0 Å². The fourth-order valence-corrected chi connectivity index (χ4v) is 3.55. The lowest BCUT2D eigenvalue weighted by Gasteiger charge is -2.39. The first-order chi connectivity index (χ1) is 11.9. The minimum atomic E-state index is -0.904. The number of hydrogen-bond acceptors (Lipinski definition) is 5. The van der Waals surface area contributed by atoms with E-state index in [-0.39, 0.29) is 17.7 Å². The Bertz CT molecular complexity index is 660. The van der Waals surface area contributed by atoms with E-state index in [0.29, 0.717) is 19.6 Å². The number of likely N-dealkylation sites (N-methyl/N-ethyl adjacent to an activating group) is 1. The molecule has 25 heavy (non-hydrogen) atoms. The summed E-state index contributed by atoms with van der Waals surface area (Å²) in [5.74, 6) is 0.439. The molecular weight excluding hydrogens is 324 g/mol. The highest BCUT2D eigenvalue weighted by atomic mass is 16.3. The number of furan rings is 1. The van der Waals surface area contributed by atoms with Gasteiger partial charge in [0, 0.05) is 19.5 Å². The Labute approximate surface area is 146 Å².